The first kappa shape index (κ1) is 15.6. The molecule has 0 spiro atoms. The molecule has 0 aromatic heterocycles. The van der Waals surface area contributed by atoms with Crippen LogP contribution in [-0.4, -0.2) is 13.1 Å². The maximum absolute atomic E-state index is 12.9. The molecule has 1 unspecified atom stereocenters. The van der Waals surface area contributed by atoms with Gasteiger partial charge in [-0.2, -0.15) is 0 Å². The van der Waals surface area contributed by atoms with Crippen molar-refractivity contribution in [3.8, 4) is 0 Å². The summed E-state index contributed by atoms with van der Waals surface area (Å²) in [5.41, 5.74) is 0.552. The van der Waals surface area contributed by atoms with Gasteiger partial charge in [-0.3, -0.25) is 0 Å². The van der Waals surface area contributed by atoms with E-state index in [2.05, 4.69) is 0 Å². The van der Waals surface area contributed by atoms with Crippen LogP contribution in [0.1, 0.15) is 16.7 Å². The largest absolute Gasteiger partial charge is 0.467 e. The van der Waals surface area contributed by atoms with Gasteiger partial charge < -0.3 is 9.47 Å². The van der Waals surface area contributed by atoms with Crippen LogP contribution >= 0.6 is 0 Å². The third-order valence-corrected chi connectivity index (χ3v) is 4.77. The average Bonchev–Trinajstić information content (AvgIpc) is 3.42. The maximum atomic E-state index is 12.9. The Morgan fingerprint density at radius 1 is 0.720 bits per heavy atom. The van der Waals surface area contributed by atoms with Gasteiger partial charge in [0.05, 0.1) is 7.11 Å². The number of ether oxygens (including phenoxy) is 2. The summed E-state index contributed by atoms with van der Waals surface area (Å²) in [6.45, 7) is 0. The van der Waals surface area contributed by atoms with Crippen molar-refractivity contribution in [1.29, 1.82) is 0 Å². The Hall–Kier alpha value is -2.91. The molecular weight excluding hydrogens is 312 g/mol. The predicted octanol–water partition coefficient (Wildman–Crippen LogP) is 4.03. The van der Waals surface area contributed by atoms with E-state index in [1.807, 2.05) is 91.0 Å². The van der Waals surface area contributed by atoms with Gasteiger partial charge in [-0.05, 0) is 16.7 Å². The minimum atomic E-state index is -1.19. The van der Waals surface area contributed by atoms with E-state index in [1.54, 1.807) is 0 Å². The zero-order valence-corrected chi connectivity index (χ0v) is 13.9. The minimum absolute atomic E-state index is 0.397. The fourth-order valence-electron chi connectivity index (χ4n) is 3.62. The number of carbonyl (C=O) groups is 1. The third kappa shape index (κ3) is 2.13. The second-order valence-corrected chi connectivity index (χ2v) is 6.05. The topological polar surface area (TPSA) is 38.8 Å². The van der Waals surface area contributed by atoms with E-state index in [0.29, 0.717) is 0 Å². The van der Waals surface area contributed by atoms with E-state index in [1.165, 1.54) is 7.11 Å². The molecule has 25 heavy (non-hydrogen) atoms. The lowest BCUT2D eigenvalue weighted by Crippen LogP contribution is -2.32. The van der Waals surface area contributed by atoms with Crippen molar-refractivity contribution >= 4 is 5.97 Å². The predicted molar refractivity (Wildman–Crippen MR) is 94.9 cm³/mol. The molecule has 1 aliphatic rings. The molecule has 1 atom stereocenters. The van der Waals surface area contributed by atoms with Gasteiger partial charge in [0.25, 0.3) is 0 Å². The van der Waals surface area contributed by atoms with Gasteiger partial charge in [-0.25, -0.2) is 4.79 Å². The molecule has 0 radical (unpaired) electrons. The average molecular weight is 330 g/mol. The molecule has 0 aliphatic carbocycles. The molecule has 124 valence electrons. The molecule has 4 rings (SSSR count). The molecule has 3 nitrogen and oxygen atoms in total. The Bertz CT molecular complexity index is 835. The van der Waals surface area contributed by atoms with Crippen LogP contribution in [0.25, 0.3) is 0 Å². The molecule has 1 saturated heterocycles. The molecule has 0 amide bonds. The zero-order valence-electron chi connectivity index (χ0n) is 13.9. The number of carbonyl (C=O) groups excluding carboxylic acids is 1. The van der Waals surface area contributed by atoms with Crippen LogP contribution in [0.2, 0.25) is 0 Å². The van der Waals surface area contributed by atoms with E-state index in [4.69, 9.17) is 9.47 Å². The lowest BCUT2D eigenvalue weighted by Gasteiger charge is -2.20. The zero-order chi connectivity index (χ0) is 17.3. The van der Waals surface area contributed by atoms with Crippen LogP contribution in [-0.2, 0) is 25.5 Å². The van der Waals surface area contributed by atoms with E-state index < -0.39 is 17.2 Å². The molecule has 3 aromatic rings. The molecule has 1 fully saturated rings. The van der Waals surface area contributed by atoms with E-state index >= 15 is 0 Å². The van der Waals surface area contributed by atoms with Crippen molar-refractivity contribution in [2.45, 2.75) is 11.2 Å². The van der Waals surface area contributed by atoms with Crippen LogP contribution in [0.4, 0.5) is 0 Å². The summed E-state index contributed by atoms with van der Waals surface area (Å²) in [6.07, 6.45) is 0. The summed E-state index contributed by atoms with van der Waals surface area (Å²) in [7, 11) is 1.40. The summed E-state index contributed by atoms with van der Waals surface area (Å²) < 4.78 is 11.5. The van der Waals surface area contributed by atoms with Crippen LogP contribution in [0.15, 0.2) is 91.0 Å². The summed E-state index contributed by atoms with van der Waals surface area (Å²) >= 11 is 0. The van der Waals surface area contributed by atoms with Gasteiger partial charge in [0.15, 0.2) is 5.60 Å². The SMILES string of the molecule is COC(=O)C1(c2ccccc2)OC1(c1ccccc1)c1ccccc1. The van der Waals surface area contributed by atoms with Gasteiger partial charge in [0.1, 0.15) is 0 Å². The highest BCUT2D eigenvalue weighted by Gasteiger charge is 2.78. The Kier molecular flexibility index (Phi) is 3.66. The van der Waals surface area contributed by atoms with Gasteiger partial charge in [0, 0.05) is 0 Å². The number of methoxy groups -OCH3 is 1. The van der Waals surface area contributed by atoms with Crippen molar-refractivity contribution < 1.29 is 14.3 Å². The first-order valence-corrected chi connectivity index (χ1v) is 8.21. The number of epoxide rings is 1. The molecule has 0 saturated carbocycles. The normalized spacial score (nSPS) is 20.7. The summed E-state index contributed by atoms with van der Waals surface area (Å²) in [5.74, 6) is -0.397. The van der Waals surface area contributed by atoms with E-state index in [9.17, 15) is 4.79 Å². The quantitative estimate of drug-likeness (QED) is 0.535. The van der Waals surface area contributed by atoms with Crippen LogP contribution in [0.3, 0.4) is 0 Å². The molecular formula is C22H18O3. The van der Waals surface area contributed by atoms with Gasteiger partial charge in [0.2, 0.25) is 5.60 Å². The standard InChI is InChI=1S/C22H18O3/c1-24-20(23)22(19-15-9-4-10-16-19)21(25-22,17-11-5-2-6-12-17)18-13-7-3-8-14-18/h2-16H,1H3. The number of esters is 1. The molecule has 3 aromatic carbocycles. The first-order valence-electron chi connectivity index (χ1n) is 8.21. The summed E-state index contributed by atoms with van der Waals surface area (Å²) in [6, 6.07) is 29.2. The van der Waals surface area contributed by atoms with Crippen molar-refractivity contribution in [3.05, 3.63) is 108 Å². The number of rotatable bonds is 4. The monoisotopic (exact) mass is 330 g/mol. The lowest BCUT2D eigenvalue weighted by molar-refractivity contribution is -0.147. The molecule has 1 aliphatic heterocycles. The Morgan fingerprint density at radius 2 is 1.12 bits per heavy atom. The van der Waals surface area contributed by atoms with Crippen LogP contribution in [0, 0.1) is 0 Å². The molecule has 0 N–H and O–H groups in total. The highest BCUT2D eigenvalue weighted by atomic mass is 16.7. The number of hydrogen-bond acceptors (Lipinski definition) is 3. The van der Waals surface area contributed by atoms with Gasteiger partial charge >= 0.3 is 5.97 Å². The fraction of sp³-hybridized carbons (Fsp3) is 0.136. The lowest BCUT2D eigenvalue weighted by atomic mass is 9.77. The van der Waals surface area contributed by atoms with Gasteiger partial charge in [-0.15, -0.1) is 0 Å². The highest BCUT2D eigenvalue weighted by Crippen LogP contribution is 2.66. The fourth-order valence-corrected chi connectivity index (χ4v) is 3.62. The molecule has 3 heteroatoms. The van der Waals surface area contributed by atoms with Crippen LogP contribution < -0.4 is 0 Å². The van der Waals surface area contributed by atoms with E-state index in [-0.39, 0.29) is 0 Å². The molecule has 1 heterocycles. The van der Waals surface area contributed by atoms with Crippen molar-refractivity contribution in [2.24, 2.45) is 0 Å². The Balaban J connectivity index is 1.99. The number of hydrogen-bond donors (Lipinski definition) is 0. The third-order valence-electron chi connectivity index (χ3n) is 4.77. The second kappa shape index (κ2) is 5.87. The van der Waals surface area contributed by atoms with Crippen molar-refractivity contribution in [3.63, 3.8) is 0 Å². The van der Waals surface area contributed by atoms with E-state index in [0.717, 1.165) is 16.7 Å². The number of benzene rings is 3. The second-order valence-electron chi connectivity index (χ2n) is 6.05. The first-order chi connectivity index (χ1) is 12.3. The summed E-state index contributed by atoms with van der Waals surface area (Å²) in [5, 5.41) is 0. The van der Waals surface area contributed by atoms with Gasteiger partial charge in [-0.1, -0.05) is 91.0 Å². The van der Waals surface area contributed by atoms with Crippen molar-refractivity contribution in [1.82, 2.24) is 0 Å². The summed E-state index contributed by atoms with van der Waals surface area (Å²) in [4.78, 5) is 12.9. The van der Waals surface area contributed by atoms with Crippen molar-refractivity contribution in [2.75, 3.05) is 7.11 Å². The Morgan fingerprint density at radius 3 is 1.52 bits per heavy atom. The minimum Gasteiger partial charge on any atom is -0.467 e. The van der Waals surface area contributed by atoms with Crippen LogP contribution in [0.5, 0.6) is 0 Å². The maximum Gasteiger partial charge on any atom is 0.346 e. The smallest absolute Gasteiger partial charge is 0.346 e. The Labute approximate surface area is 146 Å². The molecule has 0 bridgehead atoms. The highest BCUT2D eigenvalue weighted by molar-refractivity contribution is 5.88.